The van der Waals surface area contributed by atoms with Crippen LogP contribution in [0, 0.1) is 6.92 Å². The normalized spacial score (nSPS) is 21.9. The summed E-state index contributed by atoms with van der Waals surface area (Å²) in [6.45, 7) is 2.95. The van der Waals surface area contributed by atoms with Crippen molar-refractivity contribution in [2.75, 3.05) is 33.9 Å². The maximum absolute atomic E-state index is 12.6. The van der Waals surface area contributed by atoms with Crippen LogP contribution in [0.3, 0.4) is 0 Å². The van der Waals surface area contributed by atoms with Gasteiger partial charge >= 0.3 is 0 Å². The van der Waals surface area contributed by atoms with Crippen LogP contribution in [0.2, 0.25) is 0 Å². The summed E-state index contributed by atoms with van der Waals surface area (Å²) in [5.74, 6) is 0.703. The number of sulfonamides is 1. The lowest BCUT2D eigenvalue weighted by molar-refractivity contribution is 0.0218. The molecule has 1 aromatic rings. The molecule has 0 bridgehead atoms. The average Bonchev–Trinajstić information content (AvgIpc) is 2.53. The van der Waals surface area contributed by atoms with E-state index in [4.69, 9.17) is 9.47 Å². The van der Waals surface area contributed by atoms with Crippen LogP contribution in [0.25, 0.3) is 0 Å². The van der Waals surface area contributed by atoms with Crippen LogP contribution >= 0.6 is 0 Å². The maximum atomic E-state index is 12.6. The Kier molecular flexibility index (Phi) is 5.51. The first-order valence-electron chi connectivity index (χ1n) is 7.47. The zero-order chi connectivity index (χ0) is 17.1. The zero-order valence-electron chi connectivity index (χ0n) is 13.7. The molecule has 1 atom stereocenters. The van der Waals surface area contributed by atoms with Crippen LogP contribution in [0.15, 0.2) is 17.0 Å². The summed E-state index contributed by atoms with van der Waals surface area (Å²) in [5.41, 5.74) is -0.300. The van der Waals surface area contributed by atoms with Gasteiger partial charge in [0.25, 0.3) is 0 Å². The number of nitrogens with one attached hydrogen (secondary N) is 2. The van der Waals surface area contributed by atoms with E-state index in [1.165, 1.54) is 20.3 Å². The Morgan fingerprint density at radius 3 is 2.57 bits per heavy atom. The lowest BCUT2D eigenvalue weighted by atomic mass is 9.95. The van der Waals surface area contributed by atoms with Crippen LogP contribution in [-0.4, -0.2) is 53.0 Å². The largest absolute Gasteiger partial charge is 0.496 e. The highest BCUT2D eigenvalue weighted by atomic mass is 32.2. The molecule has 0 saturated carbocycles. The highest BCUT2D eigenvalue weighted by Gasteiger charge is 2.32. The number of hydrogen-bond donors (Lipinski definition) is 3. The molecule has 0 unspecified atom stereocenters. The highest BCUT2D eigenvalue weighted by Crippen LogP contribution is 2.31. The quantitative estimate of drug-likeness (QED) is 0.691. The summed E-state index contributed by atoms with van der Waals surface area (Å²) in [6.07, 6.45) is 1.36. The minimum Gasteiger partial charge on any atom is -0.496 e. The van der Waals surface area contributed by atoms with Crippen LogP contribution in [0.5, 0.6) is 11.5 Å². The maximum Gasteiger partial charge on any atom is 0.244 e. The highest BCUT2D eigenvalue weighted by molar-refractivity contribution is 7.89. The molecule has 1 fully saturated rings. The van der Waals surface area contributed by atoms with Crippen molar-refractivity contribution >= 4 is 10.0 Å². The number of ether oxygens (including phenoxy) is 2. The smallest absolute Gasteiger partial charge is 0.244 e. The number of hydrogen-bond acceptors (Lipinski definition) is 6. The molecular formula is C15H24N2O5S. The number of benzene rings is 1. The Bertz CT molecular complexity index is 654. The molecule has 130 valence electrons. The first-order valence-corrected chi connectivity index (χ1v) is 8.95. The van der Waals surface area contributed by atoms with Crippen LogP contribution in [0.4, 0.5) is 0 Å². The summed E-state index contributed by atoms with van der Waals surface area (Å²) in [6, 6.07) is 3.05. The second-order valence-electron chi connectivity index (χ2n) is 5.80. The first-order chi connectivity index (χ1) is 10.8. The summed E-state index contributed by atoms with van der Waals surface area (Å²) in [5, 5.41) is 13.5. The van der Waals surface area contributed by atoms with Gasteiger partial charge in [0.05, 0.1) is 19.8 Å². The van der Waals surface area contributed by atoms with Crippen molar-refractivity contribution in [2.24, 2.45) is 0 Å². The Morgan fingerprint density at radius 1 is 1.30 bits per heavy atom. The molecule has 1 aliphatic rings. The third-order valence-electron chi connectivity index (χ3n) is 4.01. The van der Waals surface area contributed by atoms with Gasteiger partial charge in [0.1, 0.15) is 16.4 Å². The number of methoxy groups -OCH3 is 2. The first kappa shape index (κ1) is 18.0. The predicted molar refractivity (Wildman–Crippen MR) is 86.5 cm³/mol. The molecule has 0 aliphatic carbocycles. The standard InChI is InChI=1S/C15H24N2O5S/c1-11-7-13(22-3)14(8-12(11)21-2)23(19,20)17-10-15(18)5-4-6-16-9-15/h7-8,16-18H,4-6,9-10H2,1-3H3/t15-/m1/s1. The predicted octanol–water partition coefficient (Wildman–Crippen LogP) is 0.405. The number of rotatable bonds is 6. The molecule has 8 heteroatoms. The monoisotopic (exact) mass is 344 g/mol. The molecule has 2 rings (SSSR count). The summed E-state index contributed by atoms with van der Waals surface area (Å²) in [4.78, 5) is -0.00480. The summed E-state index contributed by atoms with van der Waals surface area (Å²) in [7, 11) is -0.936. The van der Waals surface area contributed by atoms with E-state index in [0.29, 0.717) is 18.7 Å². The Hall–Kier alpha value is -1.35. The Labute approximate surface area is 137 Å². The fraction of sp³-hybridized carbons (Fsp3) is 0.600. The lowest BCUT2D eigenvalue weighted by Gasteiger charge is -2.32. The van der Waals surface area contributed by atoms with Crippen molar-refractivity contribution in [1.29, 1.82) is 0 Å². The topological polar surface area (TPSA) is 96.9 Å². The van der Waals surface area contributed by atoms with E-state index in [1.54, 1.807) is 6.07 Å². The molecule has 7 nitrogen and oxygen atoms in total. The van der Waals surface area contributed by atoms with Gasteiger partial charge in [-0.05, 0) is 37.9 Å². The van der Waals surface area contributed by atoms with Gasteiger partial charge in [-0.15, -0.1) is 0 Å². The van der Waals surface area contributed by atoms with E-state index in [1.807, 2.05) is 6.92 Å². The second kappa shape index (κ2) is 7.04. The van der Waals surface area contributed by atoms with Gasteiger partial charge < -0.3 is 19.9 Å². The van der Waals surface area contributed by atoms with Gasteiger partial charge in [-0.1, -0.05) is 0 Å². The molecule has 1 aliphatic heterocycles. The van der Waals surface area contributed by atoms with Gasteiger partial charge in [-0.2, -0.15) is 0 Å². The molecule has 23 heavy (non-hydrogen) atoms. The number of piperidine rings is 1. The van der Waals surface area contributed by atoms with Crippen molar-refractivity contribution in [1.82, 2.24) is 10.0 Å². The van der Waals surface area contributed by atoms with E-state index in [0.717, 1.165) is 18.5 Å². The van der Waals surface area contributed by atoms with Gasteiger partial charge in [-0.3, -0.25) is 0 Å². The van der Waals surface area contributed by atoms with Crippen molar-refractivity contribution in [3.8, 4) is 11.5 Å². The fourth-order valence-corrected chi connectivity index (χ4v) is 3.93. The van der Waals surface area contributed by atoms with Crippen molar-refractivity contribution < 1.29 is 23.0 Å². The van der Waals surface area contributed by atoms with Crippen molar-refractivity contribution in [3.63, 3.8) is 0 Å². The molecular weight excluding hydrogens is 320 g/mol. The average molecular weight is 344 g/mol. The number of aryl methyl sites for hydroxylation is 1. The third-order valence-corrected chi connectivity index (χ3v) is 5.43. The van der Waals surface area contributed by atoms with Crippen LogP contribution in [0.1, 0.15) is 18.4 Å². The molecule has 0 amide bonds. The minimum absolute atomic E-state index is 0.00480. The zero-order valence-corrected chi connectivity index (χ0v) is 14.5. The molecule has 1 heterocycles. The molecule has 3 N–H and O–H groups in total. The van der Waals surface area contributed by atoms with Gasteiger partial charge in [0.15, 0.2) is 0 Å². The minimum atomic E-state index is -3.83. The van der Waals surface area contributed by atoms with Crippen LogP contribution in [-0.2, 0) is 10.0 Å². The third kappa shape index (κ3) is 4.14. The number of β-amino-alcohol motifs (C(OH)–C–C–N with tert-alkyl or cyclic N) is 1. The van der Waals surface area contributed by atoms with Crippen molar-refractivity contribution in [3.05, 3.63) is 17.7 Å². The molecule has 0 spiro atoms. The molecule has 1 saturated heterocycles. The van der Waals surface area contributed by atoms with E-state index >= 15 is 0 Å². The molecule has 0 aromatic heterocycles. The van der Waals surface area contributed by atoms with Crippen LogP contribution < -0.4 is 19.5 Å². The Morgan fingerprint density at radius 2 is 2.00 bits per heavy atom. The Balaban J connectivity index is 2.25. The fourth-order valence-electron chi connectivity index (χ4n) is 2.64. The second-order valence-corrected chi connectivity index (χ2v) is 7.54. The summed E-state index contributed by atoms with van der Waals surface area (Å²) >= 11 is 0. The van der Waals surface area contributed by atoms with Gasteiger partial charge in [0.2, 0.25) is 10.0 Å². The van der Waals surface area contributed by atoms with E-state index in [2.05, 4.69) is 10.0 Å². The van der Waals surface area contributed by atoms with Gasteiger partial charge in [0, 0.05) is 19.2 Å². The van der Waals surface area contributed by atoms with E-state index < -0.39 is 15.6 Å². The SMILES string of the molecule is COc1cc(S(=O)(=O)NC[C@@]2(O)CCCNC2)c(OC)cc1C. The van der Waals surface area contributed by atoms with Crippen molar-refractivity contribution in [2.45, 2.75) is 30.3 Å². The molecule has 0 radical (unpaired) electrons. The molecule has 1 aromatic carbocycles. The lowest BCUT2D eigenvalue weighted by Crippen LogP contribution is -2.52. The van der Waals surface area contributed by atoms with E-state index in [-0.39, 0.29) is 17.2 Å². The number of aliphatic hydroxyl groups is 1. The summed E-state index contributed by atoms with van der Waals surface area (Å²) < 4.78 is 38.0. The van der Waals surface area contributed by atoms with E-state index in [9.17, 15) is 13.5 Å². The van der Waals surface area contributed by atoms with Gasteiger partial charge in [-0.25, -0.2) is 13.1 Å².